The first kappa shape index (κ1) is 13.1. The van der Waals surface area contributed by atoms with Crippen molar-refractivity contribution in [1.82, 2.24) is 5.32 Å². The molecule has 0 bridgehead atoms. The number of benzene rings is 1. The van der Waals surface area contributed by atoms with Gasteiger partial charge in [0, 0.05) is 4.47 Å². The molecule has 16 heavy (non-hydrogen) atoms. The Morgan fingerprint density at radius 3 is 2.81 bits per heavy atom. The average Bonchev–Trinajstić information content (AvgIpc) is 2.20. The van der Waals surface area contributed by atoms with Crippen molar-refractivity contribution in [2.24, 2.45) is 5.73 Å². The molecule has 0 heterocycles. The monoisotopic (exact) mass is 288 g/mol. The molecule has 0 aliphatic heterocycles. The number of rotatable bonds is 5. The zero-order chi connectivity index (χ0) is 12.1. The van der Waals surface area contributed by atoms with E-state index in [1.165, 1.54) is 12.1 Å². The summed E-state index contributed by atoms with van der Waals surface area (Å²) in [7, 11) is 0. The first-order valence-corrected chi connectivity index (χ1v) is 5.83. The van der Waals surface area contributed by atoms with Gasteiger partial charge in [-0.2, -0.15) is 0 Å². The predicted molar refractivity (Wildman–Crippen MR) is 64.3 cm³/mol. The summed E-state index contributed by atoms with van der Waals surface area (Å²) in [6.45, 7) is 2.67. The van der Waals surface area contributed by atoms with Gasteiger partial charge in [0.05, 0.1) is 0 Å². The summed E-state index contributed by atoms with van der Waals surface area (Å²) in [6.07, 6.45) is 0.891. The van der Waals surface area contributed by atoms with Crippen LogP contribution in [0.1, 0.15) is 24.9 Å². The molecule has 0 saturated heterocycles. The summed E-state index contributed by atoms with van der Waals surface area (Å²) < 4.78 is 13.4. The third kappa shape index (κ3) is 3.28. The van der Waals surface area contributed by atoms with Crippen molar-refractivity contribution in [1.29, 1.82) is 0 Å². The summed E-state index contributed by atoms with van der Waals surface area (Å²) in [5.41, 5.74) is 5.96. The van der Waals surface area contributed by atoms with Crippen LogP contribution >= 0.6 is 15.9 Å². The van der Waals surface area contributed by atoms with E-state index in [1.807, 2.05) is 6.92 Å². The van der Waals surface area contributed by atoms with Crippen molar-refractivity contribution in [3.05, 3.63) is 34.1 Å². The highest BCUT2D eigenvalue weighted by molar-refractivity contribution is 9.10. The van der Waals surface area contributed by atoms with Crippen LogP contribution in [0.25, 0.3) is 0 Å². The quantitative estimate of drug-likeness (QED) is 0.872. The van der Waals surface area contributed by atoms with Crippen LogP contribution < -0.4 is 11.1 Å². The van der Waals surface area contributed by atoms with Crippen molar-refractivity contribution in [3.8, 4) is 0 Å². The molecule has 3 nitrogen and oxygen atoms in total. The number of nitrogens with one attached hydrogen (secondary N) is 1. The molecular formula is C11H14BrFN2O. The molecule has 1 aromatic carbocycles. The van der Waals surface area contributed by atoms with E-state index < -0.39 is 11.9 Å². The number of amides is 1. The Morgan fingerprint density at radius 1 is 1.62 bits per heavy atom. The van der Waals surface area contributed by atoms with Gasteiger partial charge in [-0.3, -0.25) is 4.79 Å². The Kier molecular flexibility index (Phi) is 4.89. The highest BCUT2D eigenvalue weighted by Crippen LogP contribution is 2.24. The van der Waals surface area contributed by atoms with Crippen molar-refractivity contribution in [2.75, 3.05) is 6.54 Å². The van der Waals surface area contributed by atoms with Crippen LogP contribution in [0, 0.1) is 5.82 Å². The largest absolute Gasteiger partial charge is 0.368 e. The second-order valence-corrected chi connectivity index (χ2v) is 4.31. The SMILES string of the molecule is CCCNC(C(N)=O)c1ccc(F)cc1Br. The summed E-state index contributed by atoms with van der Waals surface area (Å²) in [4.78, 5) is 11.3. The lowest BCUT2D eigenvalue weighted by atomic mass is 10.1. The third-order valence-electron chi connectivity index (χ3n) is 2.16. The van der Waals surface area contributed by atoms with Crippen molar-refractivity contribution in [3.63, 3.8) is 0 Å². The van der Waals surface area contributed by atoms with Crippen molar-refractivity contribution >= 4 is 21.8 Å². The average molecular weight is 289 g/mol. The maximum absolute atomic E-state index is 12.9. The molecule has 5 heteroatoms. The van der Waals surface area contributed by atoms with Crippen molar-refractivity contribution < 1.29 is 9.18 Å². The molecular weight excluding hydrogens is 275 g/mol. The summed E-state index contributed by atoms with van der Waals surface area (Å²) in [6, 6.07) is 3.59. The molecule has 1 aromatic rings. The molecule has 1 rings (SSSR count). The topological polar surface area (TPSA) is 55.1 Å². The molecule has 0 aromatic heterocycles. The smallest absolute Gasteiger partial charge is 0.239 e. The number of primary amides is 1. The first-order chi connectivity index (χ1) is 7.56. The third-order valence-corrected chi connectivity index (χ3v) is 2.84. The Labute approximate surface area is 102 Å². The lowest BCUT2D eigenvalue weighted by Crippen LogP contribution is -2.34. The second kappa shape index (κ2) is 5.96. The molecule has 1 atom stereocenters. The van der Waals surface area contributed by atoms with Gasteiger partial charge in [-0.15, -0.1) is 0 Å². The van der Waals surface area contributed by atoms with Crippen LogP contribution in [0.5, 0.6) is 0 Å². The van der Waals surface area contributed by atoms with Gasteiger partial charge < -0.3 is 11.1 Å². The number of carbonyl (C=O) groups is 1. The minimum absolute atomic E-state index is 0.352. The van der Waals surface area contributed by atoms with E-state index >= 15 is 0 Å². The van der Waals surface area contributed by atoms with Crippen LogP contribution in [0.15, 0.2) is 22.7 Å². The van der Waals surface area contributed by atoms with Gasteiger partial charge in [-0.05, 0) is 30.7 Å². The van der Waals surface area contributed by atoms with E-state index in [4.69, 9.17) is 5.73 Å². The Hall–Kier alpha value is -0.940. The first-order valence-electron chi connectivity index (χ1n) is 5.04. The molecule has 0 radical (unpaired) electrons. The molecule has 0 aliphatic rings. The highest BCUT2D eigenvalue weighted by Gasteiger charge is 2.19. The van der Waals surface area contributed by atoms with E-state index in [9.17, 15) is 9.18 Å². The molecule has 0 spiro atoms. The summed E-state index contributed by atoms with van der Waals surface area (Å²) >= 11 is 3.22. The van der Waals surface area contributed by atoms with Crippen molar-refractivity contribution in [2.45, 2.75) is 19.4 Å². The van der Waals surface area contributed by atoms with E-state index in [1.54, 1.807) is 6.07 Å². The van der Waals surface area contributed by atoms with Crippen LogP contribution in [0.3, 0.4) is 0 Å². The van der Waals surface area contributed by atoms with Gasteiger partial charge in [-0.1, -0.05) is 28.9 Å². The standard InChI is InChI=1S/C11H14BrFN2O/c1-2-5-15-10(11(14)16)8-4-3-7(13)6-9(8)12/h3-4,6,10,15H,2,5H2,1H3,(H2,14,16). The van der Waals surface area contributed by atoms with Gasteiger partial charge >= 0.3 is 0 Å². The maximum Gasteiger partial charge on any atom is 0.239 e. The lowest BCUT2D eigenvalue weighted by Gasteiger charge is -2.16. The molecule has 0 saturated carbocycles. The van der Waals surface area contributed by atoms with E-state index in [0.717, 1.165) is 6.42 Å². The van der Waals surface area contributed by atoms with Gasteiger partial charge in [0.2, 0.25) is 5.91 Å². The zero-order valence-corrected chi connectivity index (χ0v) is 10.6. The predicted octanol–water partition coefficient (Wildman–Crippen LogP) is 2.11. The van der Waals surface area contributed by atoms with Gasteiger partial charge in [-0.25, -0.2) is 4.39 Å². The Balaban J connectivity index is 2.96. The van der Waals surface area contributed by atoms with E-state index in [-0.39, 0.29) is 5.82 Å². The van der Waals surface area contributed by atoms with Crippen LogP contribution in [-0.4, -0.2) is 12.5 Å². The molecule has 88 valence electrons. The lowest BCUT2D eigenvalue weighted by molar-refractivity contribution is -0.120. The fourth-order valence-corrected chi connectivity index (χ4v) is 1.97. The number of carbonyl (C=O) groups excluding carboxylic acids is 1. The molecule has 0 fully saturated rings. The van der Waals surface area contributed by atoms with Gasteiger partial charge in [0.15, 0.2) is 0 Å². The molecule has 3 N–H and O–H groups in total. The zero-order valence-electron chi connectivity index (χ0n) is 8.97. The van der Waals surface area contributed by atoms with E-state index in [0.29, 0.717) is 16.6 Å². The molecule has 0 aliphatic carbocycles. The minimum atomic E-state index is -0.588. The van der Waals surface area contributed by atoms with E-state index in [2.05, 4.69) is 21.2 Å². The minimum Gasteiger partial charge on any atom is -0.368 e. The molecule has 1 unspecified atom stereocenters. The number of halogens is 2. The summed E-state index contributed by atoms with van der Waals surface area (Å²) in [5.74, 6) is -0.824. The van der Waals surface area contributed by atoms with Gasteiger partial charge in [0.1, 0.15) is 11.9 Å². The van der Waals surface area contributed by atoms with Crippen LogP contribution in [-0.2, 0) is 4.79 Å². The van der Waals surface area contributed by atoms with Gasteiger partial charge in [0.25, 0.3) is 0 Å². The summed E-state index contributed by atoms with van der Waals surface area (Å²) in [5, 5.41) is 3.02. The second-order valence-electron chi connectivity index (χ2n) is 3.46. The normalized spacial score (nSPS) is 12.4. The highest BCUT2D eigenvalue weighted by atomic mass is 79.9. The fraction of sp³-hybridized carbons (Fsp3) is 0.364. The van der Waals surface area contributed by atoms with Crippen LogP contribution in [0.2, 0.25) is 0 Å². The fourth-order valence-electron chi connectivity index (χ4n) is 1.39. The van der Waals surface area contributed by atoms with Crippen LogP contribution in [0.4, 0.5) is 4.39 Å². The number of hydrogen-bond donors (Lipinski definition) is 2. The Bertz CT molecular complexity index is 384. The maximum atomic E-state index is 12.9. The number of hydrogen-bond acceptors (Lipinski definition) is 2. The molecule has 1 amide bonds. The Morgan fingerprint density at radius 2 is 2.31 bits per heavy atom. The number of nitrogens with two attached hydrogens (primary N) is 1.